The van der Waals surface area contributed by atoms with Gasteiger partial charge in [0.15, 0.2) is 0 Å². The highest BCUT2D eigenvalue weighted by Crippen LogP contribution is 2.33. The van der Waals surface area contributed by atoms with Crippen molar-refractivity contribution in [3.8, 4) is 5.75 Å². The SMILES string of the molecule is COCc1sc(C(=O)NC2(C(=O)O)Cc3ccccc3C2)cc1OCCc1cccc(C)c1. The minimum atomic E-state index is -1.35. The zero-order chi connectivity index (χ0) is 23.4. The number of amides is 1. The number of rotatable bonds is 9. The van der Waals surface area contributed by atoms with Crippen molar-refractivity contribution in [2.75, 3.05) is 13.7 Å². The lowest BCUT2D eigenvalue weighted by atomic mass is 9.95. The van der Waals surface area contributed by atoms with Gasteiger partial charge in [-0.25, -0.2) is 4.79 Å². The Morgan fingerprint density at radius 3 is 2.45 bits per heavy atom. The minimum Gasteiger partial charge on any atom is -0.492 e. The van der Waals surface area contributed by atoms with Crippen LogP contribution in [0.3, 0.4) is 0 Å². The molecule has 0 aliphatic heterocycles. The summed E-state index contributed by atoms with van der Waals surface area (Å²) >= 11 is 1.26. The van der Waals surface area contributed by atoms with Crippen LogP contribution < -0.4 is 10.1 Å². The Labute approximate surface area is 197 Å². The first kappa shape index (κ1) is 23.0. The van der Waals surface area contributed by atoms with Gasteiger partial charge in [0, 0.05) is 32.4 Å². The standard InChI is InChI=1S/C26H27NO5S/c1-17-6-5-7-18(12-17)10-11-32-21-13-22(33-23(21)16-31-2)24(28)27-26(25(29)30)14-19-8-3-4-9-20(19)15-26/h3-9,12-13H,10-11,14-16H2,1-2H3,(H,27,28)(H,29,30). The van der Waals surface area contributed by atoms with Crippen molar-refractivity contribution in [1.82, 2.24) is 5.32 Å². The molecule has 6 nitrogen and oxygen atoms in total. The number of hydrogen-bond donors (Lipinski definition) is 2. The number of carbonyl (C=O) groups is 2. The molecule has 33 heavy (non-hydrogen) atoms. The van der Waals surface area contributed by atoms with Crippen LogP contribution in [0.1, 0.15) is 36.8 Å². The summed E-state index contributed by atoms with van der Waals surface area (Å²) in [7, 11) is 1.59. The Bertz CT molecular complexity index is 1140. The summed E-state index contributed by atoms with van der Waals surface area (Å²) in [6.07, 6.45) is 1.27. The van der Waals surface area contributed by atoms with Gasteiger partial charge in [0.1, 0.15) is 11.3 Å². The second-order valence-corrected chi connectivity index (χ2v) is 9.52. The molecule has 0 unspecified atom stereocenters. The van der Waals surface area contributed by atoms with Crippen LogP contribution in [-0.4, -0.2) is 36.2 Å². The van der Waals surface area contributed by atoms with E-state index < -0.39 is 17.4 Å². The number of carbonyl (C=O) groups excluding carboxylic acids is 1. The van der Waals surface area contributed by atoms with Gasteiger partial charge in [-0.3, -0.25) is 4.79 Å². The molecule has 0 radical (unpaired) electrons. The summed E-state index contributed by atoms with van der Waals surface area (Å²) in [5.74, 6) is -0.852. The normalized spacial score (nSPS) is 14.0. The molecule has 1 aliphatic carbocycles. The Balaban J connectivity index is 1.47. The number of nitrogens with one attached hydrogen (secondary N) is 1. The largest absolute Gasteiger partial charge is 0.492 e. The molecule has 4 rings (SSSR count). The number of methoxy groups -OCH3 is 1. The lowest BCUT2D eigenvalue weighted by Crippen LogP contribution is -2.55. The van der Waals surface area contributed by atoms with E-state index in [2.05, 4.69) is 30.4 Å². The highest BCUT2D eigenvalue weighted by atomic mass is 32.1. The number of thiophene rings is 1. The van der Waals surface area contributed by atoms with E-state index in [-0.39, 0.29) is 12.8 Å². The van der Waals surface area contributed by atoms with E-state index in [4.69, 9.17) is 9.47 Å². The summed E-state index contributed by atoms with van der Waals surface area (Å²) in [4.78, 5) is 26.5. The van der Waals surface area contributed by atoms with Gasteiger partial charge in [-0.2, -0.15) is 0 Å². The van der Waals surface area contributed by atoms with Gasteiger partial charge < -0.3 is 19.9 Å². The van der Waals surface area contributed by atoms with Crippen LogP contribution in [0.2, 0.25) is 0 Å². The van der Waals surface area contributed by atoms with E-state index in [1.165, 1.54) is 22.5 Å². The number of carboxylic acid groups (broad SMARTS) is 1. The Kier molecular flexibility index (Phi) is 6.81. The first-order valence-electron chi connectivity index (χ1n) is 10.8. The van der Waals surface area contributed by atoms with Crippen molar-refractivity contribution in [1.29, 1.82) is 0 Å². The van der Waals surface area contributed by atoms with Gasteiger partial charge in [-0.15, -0.1) is 11.3 Å². The molecule has 1 aliphatic rings. The molecule has 0 spiro atoms. The fraction of sp³-hybridized carbons (Fsp3) is 0.308. The van der Waals surface area contributed by atoms with Crippen LogP contribution >= 0.6 is 11.3 Å². The van der Waals surface area contributed by atoms with E-state index in [1.807, 2.05) is 30.3 Å². The molecule has 2 aromatic carbocycles. The van der Waals surface area contributed by atoms with Crippen LogP contribution in [0.25, 0.3) is 0 Å². The van der Waals surface area contributed by atoms with Crippen molar-refractivity contribution >= 4 is 23.2 Å². The second-order valence-electron chi connectivity index (χ2n) is 8.38. The molecule has 0 fully saturated rings. The summed E-state index contributed by atoms with van der Waals surface area (Å²) in [5.41, 5.74) is 2.93. The highest BCUT2D eigenvalue weighted by Gasteiger charge is 2.45. The molecule has 172 valence electrons. The molecular formula is C26H27NO5S. The number of aryl methyl sites for hydroxylation is 1. The maximum Gasteiger partial charge on any atom is 0.330 e. The third kappa shape index (κ3) is 5.10. The molecule has 0 saturated carbocycles. The van der Waals surface area contributed by atoms with Crippen molar-refractivity contribution in [3.05, 3.63) is 86.6 Å². The van der Waals surface area contributed by atoms with Gasteiger partial charge >= 0.3 is 5.97 Å². The number of aliphatic carboxylic acids is 1. The second kappa shape index (κ2) is 9.77. The molecule has 0 atom stereocenters. The van der Waals surface area contributed by atoms with Crippen molar-refractivity contribution in [2.45, 2.75) is 38.3 Å². The number of ether oxygens (including phenoxy) is 2. The average molecular weight is 466 g/mol. The number of fused-ring (bicyclic) bond motifs is 1. The fourth-order valence-corrected chi connectivity index (χ4v) is 5.18. The van der Waals surface area contributed by atoms with Crippen LogP contribution in [0, 0.1) is 6.92 Å². The third-order valence-corrected chi connectivity index (χ3v) is 6.95. The van der Waals surface area contributed by atoms with Gasteiger partial charge in [0.2, 0.25) is 0 Å². The Hall–Kier alpha value is -3.16. The van der Waals surface area contributed by atoms with Crippen molar-refractivity contribution in [2.24, 2.45) is 0 Å². The van der Waals surface area contributed by atoms with Crippen molar-refractivity contribution < 1.29 is 24.2 Å². The smallest absolute Gasteiger partial charge is 0.330 e. The lowest BCUT2D eigenvalue weighted by Gasteiger charge is -2.25. The average Bonchev–Trinajstić information content (AvgIpc) is 3.36. The predicted molar refractivity (Wildman–Crippen MR) is 127 cm³/mol. The molecule has 1 amide bonds. The summed E-state index contributed by atoms with van der Waals surface area (Å²) in [5, 5.41) is 12.8. The third-order valence-electron chi connectivity index (χ3n) is 5.87. The van der Waals surface area contributed by atoms with Gasteiger partial charge in [-0.05, 0) is 23.6 Å². The minimum absolute atomic E-state index is 0.264. The van der Waals surface area contributed by atoms with E-state index >= 15 is 0 Å². The van der Waals surface area contributed by atoms with Crippen LogP contribution in [-0.2, 0) is 35.4 Å². The molecule has 2 N–H and O–H groups in total. The number of carboxylic acids is 1. The maximum atomic E-state index is 13.1. The van der Waals surface area contributed by atoms with Crippen LogP contribution in [0.4, 0.5) is 0 Å². The lowest BCUT2D eigenvalue weighted by molar-refractivity contribution is -0.144. The molecule has 1 heterocycles. The summed E-state index contributed by atoms with van der Waals surface area (Å²) in [6.45, 7) is 2.83. The quantitative estimate of drug-likeness (QED) is 0.495. The first-order chi connectivity index (χ1) is 15.9. The molecule has 0 bridgehead atoms. The molecule has 3 aromatic rings. The maximum absolute atomic E-state index is 13.1. The molecule has 0 saturated heterocycles. The van der Waals surface area contributed by atoms with Crippen molar-refractivity contribution in [3.63, 3.8) is 0 Å². The van der Waals surface area contributed by atoms with E-state index in [1.54, 1.807) is 13.2 Å². The fourth-order valence-electron chi connectivity index (χ4n) is 4.21. The topological polar surface area (TPSA) is 84.9 Å². The van der Waals surface area contributed by atoms with E-state index in [0.29, 0.717) is 23.8 Å². The van der Waals surface area contributed by atoms with Gasteiger partial charge in [-0.1, -0.05) is 54.1 Å². The summed E-state index contributed by atoms with van der Waals surface area (Å²) in [6, 6.07) is 17.5. The van der Waals surface area contributed by atoms with Crippen LogP contribution in [0.5, 0.6) is 5.75 Å². The predicted octanol–water partition coefficient (Wildman–Crippen LogP) is 4.18. The van der Waals surface area contributed by atoms with Gasteiger partial charge in [0.05, 0.1) is 23.0 Å². The molecule has 7 heteroatoms. The summed E-state index contributed by atoms with van der Waals surface area (Å²) < 4.78 is 11.3. The Morgan fingerprint density at radius 1 is 1.09 bits per heavy atom. The number of benzene rings is 2. The van der Waals surface area contributed by atoms with E-state index in [0.717, 1.165) is 22.4 Å². The zero-order valence-electron chi connectivity index (χ0n) is 18.7. The number of hydrogen-bond acceptors (Lipinski definition) is 5. The van der Waals surface area contributed by atoms with E-state index in [9.17, 15) is 14.7 Å². The first-order valence-corrected chi connectivity index (χ1v) is 11.6. The molecule has 1 aromatic heterocycles. The monoisotopic (exact) mass is 465 g/mol. The molecular weight excluding hydrogens is 438 g/mol. The Morgan fingerprint density at radius 2 is 1.82 bits per heavy atom. The van der Waals surface area contributed by atoms with Crippen LogP contribution in [0.15, 0.2) is 54.6 Å². The highest BCUT2D eigenvalue weighted by molar-refractivity contribution is 7.14. The zero-order valence-corrected chi connectivity index (χ0v) is 19.5. The van der Waals surface area contributed by atoms with Gasteiger partial charge in [0.25, 0.3) is 5.91 Å².